The van der Waals surface area contributed by atoms with Crippen LogP contribution in [-0.4, -0.2) is 303 Å². The molecule has 14 nitrogen and oxygen atoms in total. The van der Waals surface area contributed by atoms with Crippen LogP contribution in [0, 0.1) is 94.7 Å². The van der Waals surface area contributed by atoms with Gasteiger partial charge < -0.3 is 44.2 Å². The molecule has 0 bridgehead atoms. The van der Waals surface area contributed by atoms with Crippen molar-refractivity contribution in [2.45, 2.75) is 445 Å². The average Bonchev–Trinajstić information content (AvgIpc) is 1.86. The SMILES string of the molecule is CC(C)C1CCCCN(C(C)C)C1.CC(C)C1CCCCN(C(C)C)C1.CC(C)C1CCCN(C(C)C)C1.CC(C)C1CCCN(C(C)C)CC1.CC(C)C1CCN(C(C)C)C1.CC(C)C1CCN(C(C)C)CC1.CC(C)C1CN(C(C)C)CCN1.CC(C)C1CN(C(C)C)CCO1.CC(C)C1COCCN(C(C)C)C1.CC(C)N1CCN(C(C)C)CC1. The Morgan fingerprint density at radius 1 is 0.195 bits per heavy atom. The van der Waals surface area contributed by atoms with Gasteiger partial charge in [0.05, 0.1) is 25.9 Å². The van der Waals surface area contributed by atoms with Crippen molar-refractivity contribution in [1.29, 1.82) is 0 Å². The van der Waals surface area contributed by atoms with Crippen molar-refractivity contribution < 1.29 is 9.47 Å². The van der Waals surface area contributed by atoms with E-state index < -0.39 is 0 Å². The van der Waals surface area contributed by atoms with Crippen LogP contribution < -0.4 is 5.32 Å². The quantitative estimate of drug-likeness (QED) is 0.126. The van der Waals surface area contributed by atoms with Crippen molar-refractivity contribution in [2.24, 2.45) is 94.7 Å². The topological polar surface area (TPSA) is 66.1 Å². The second kappa shape index (κ2) is 66.8. The lowest BCUT2D eigenvalue weighted by atomic mass is 9.86. The van der Waals surface area contributed by atoms with Crippen molar-refractivity contribution in [2.75, 3.05) is 170 Å². The molecular weight excluding hydrogens is 1510 g/mol. The fourth-order valence-electron chi connectivity index (χ4n) is 19.5. The number of nitrogens with zero attached hydrogens (tertiary/aromatic N) is 11. The minimum absolute atomic E-state index is 0.446. The van der Waals surface area contributed by atoms with E-state index in [1.54, 1.807) is 0 Å². The summed E-state index contributed by atoms with van der Waals surface area (Å²) in [4.78, 5) is 28.4. The summed E-state index contributed by atoms with van der Waals surface area (Å²) in [5.41, 5.74) is 0. The Morgan fingerprint density at radius 3 is 0.780 bits per heavy atom. The molecule has 8 unspecified atom stereocenters. The molecule has 0 saturated carbocycles. The van der Waals surface area contributed by atoms with E-state index in [0.29, 0.717) is 42.1 Å². The molecule has 10 saturated heterocycles. The van der Waals surface area contributed by atoms with Gasteiger partial charge in [-0.15, -0.1) is 0 Å². The van der Waals surface area contributed by atoms with Crippen molar-refractivity contribution in [3.8, 4) is 0 Å². The second-order valence-electron chi connectivity index (χ2n) is 46.6. The van der Waals surface area contributed by atoms with Gasteiger partial charge in [-0.05, 0) is 376 Å². The van der Waals surface area contributed by atoms with E-state index in [2.05, 4.69) is 336 Å². The van der Waals surface area contributed by atoms with Crippen LogP contribution in [0.1, 0.15) is 367 Å². The van der Waals surface area contributed by atoms with Crippen molar-refractivity contribution in [1.82, 2.24) is 59.2 Å². The number of ether oxygens (including phenoxy) is 2. The molecule has 0 aromatic heterocycles. The zero-order valence-electron chi connectivity index (χ0n) is 91.3. The Morgan fingerprint density at radius 2 is 0.447 bits per heavy atom. The maximum Gasteiger partial charge on any atom is 0.0725 e. The minimum atomic E-state index is 0.446. The third kappa shape index (κ3) is 52.1. The minimum Gasteiger partial charge on any atom is -0.380 e. The number of rotatable bonds is 20. The third-order valence-corrected chi connectivity index (χ3v) is 30.8. The van der Waals surface area contributed by atoms with Crippen LogP contribution in [0.15, 0.2) is 0 Å². The van der Waals surface area contributed by atoms with Gasteiger partial charge in [0.25, 0.3) is 0 Å². The number of piperidine rings is 2. The van der Waals surface area contributed by atoms with Gasteiger partial charge in [0.1, 0.15) is 0 Å². The lowest BCUT2D eigenvalue weighted by molar-refractivity contribution is -0.0591. The molecule has 10 aliphatic rings. The van der Waals surface area contributed by atoms with Gasteiger partial charge in [-0.2, -0.15) is 0 Å². The second-order valence-corrected chi connectivity index (χ2v) is 46.6. The lowest BCUT2D eigenvalue weighted by Gasteiger charge is -2.38. The molecule has 0 aromatic rings. The molecule has 10 heterocycles. The van der Waals surface area contributed by atoms with Gasteiger partial charge in [0, 0.05) is 171 Å². The molecule has 10 rings (SSSR count). The normalized spacial score (nSPS) is 26.0. The zero-order chi connectivity index (χ0) is 93.5. The van der Waals surface area contributed by atoms with Gasteiger partial charge in [-0.1, -0.05) is 137 Å². The first-order chi connectivity index (χ1) is 57.6. The van der Waals surface area contributed by atoms with Gasteiger partial charge in [-0.25, -0.2) is 0 Å². The molecule has 0 radical (unpaired) electrons. The Bertz CT molecular complexity index is 2070. The maximum atomic E-state index is 5.68. The summed E-state index contributed by atoms with van der Waals surface area (Å²) in [5, 5.41) is 3.56. The summed E-state index contributed by atoms with van der Waals surface area (Å²) in [6.45, 7) is 124. The van der Waals surface area contributed by atoms with E-state index in [1.807, 2.05) is 0 Å². The van der Waals surface area contributed by atoms with Gasteiger partial charge in [0.2, 0.25) is 0 Å². The summed E-state index contributed by atoms with van der Waals surface area (Å²) in [5.74, 6) is 13.8. The molecule has 0 amide bonds. The molecular formula is C109H230N12O2. The highest BCUT2D eigenvalue weighted by Gasteiger charge is 2.32. The number of hydrogen-bond donors (Lipinski definition) is 1. The smallest absolute Gasteiger partial charge is 0.0725 e. The predicted molar refractivity (Wildman–Crippen MR) is 549 cm³/mol. The Kier molecular flexibility index (Phi) is 65.4. The molecule has 123 heavy (non-hydrogen) atoms. The number of hydrogen-bond acceptors (Lipinski definition) is 14. The van der Waals surface area contributed by atoms with Crippen LogP contribution in [-0.2, 0) is 9.47 Å². The highest BCUT2D eigenvalue weighted by atomic mass is 16.5. The van der Waals surface area contributed by atoms with Crippen LogP contribution in [0.25, 0.3) is 0 Å². The van der Waals surface area contributed by atoms with Crippen molar-refractivity contribution in [3.63, 3.8) is 0 Å². The van der Waals surface area contributed by atoms with E-state index in [9.17, 15) is 0 Å². The standard InChI is InChI=1S/3C12H25N.C11H23NO.2C11H23N.2C10H22N2.C10H21NO.C10H21N/c1-10(2)12-6-5-8-13(9-7-12)11(3)4;2*1-10(2)12-7-5-6-8-13(9-12)11(3)4;1-9(2)11-7-12(10(3)4)5-6-13-8-11;1-9(2)11-5-7-12(8-6-11)10(3)4;1-9(2)11-6-5-7-12(8-11)10(3)4;1-9(2)11-5-7-12(8-6-11)10(3)4;1-8(2)10-7-12(9(3)4)6-5-11-10;1-8(2)10-7-11(9(3)4)5-6-12-10;1-8(2)10-5-6-11(7-10)9(3)4/h3*10-12H,5-9H2,1-4H3;9-11H,5-8H2,1-4H3;2*9-11H,5-8H2,1-4H3;9-10H,5-8H2,1-4H3;8-11H,5-7H2,1-4H3;8-10H,5-7H2,1-4H3;8-10H,5-7H2,1-4H3. The van der Waals surface area contributed by atoms with E-state index in [1.165, 1.54) is 214 Å². The third-order valence-electron chi connectivity index (χ3n) is 30.8. The Hall–Kier alpha value is -0.560. The summed E-state index contributed by atoms with van der Waals surface area (Å²) < 4.78 is 11.3. The van der Waals surface area contributed by atoms with Crippen LogP contribution >= 0.6 is 0 Å². The average molecular weight is 1740 g/mol. The summed E-state index contributed by atoms with van der Waals surface area (Å²) in [7, 11) is 0. The molecule has 8 atom stereocenters. The zero-order valence-corrected chi connectivity index (χ0v) is 91.3. The van der Waals surface area contributed by atoms with Crippen molar-refractivity contribution in [3.05, 3.63) is 0 Å². The van der Waals surface area contributed by atoms with E-state index in [-0.39, 0.29) is 0 Å². The molecule has 0 aliphatic carbocycles. The van der Waals surface area contributed by atoms with E-state index >= 15 is 0 Å². The molecule has 0 aromatic carbocycles. The highest BCUT2D eigenvalue weighted by molar-refractivity contribution is 4.86. The number of piperazine rings is 2. The van der Waals surface area contributed by atoms with E-state index in [4.69, 9.17) is 9.47 Å². The fourth-order valence-corrected chi connectivity index (χ4v) is 19.5. The summed E-state index contributed by atoms with van der Waals surface area (Å²) in [6, 6.07) is 8.61. The molecule has 1 N–H and O–H groups in total. The predicted octanol–water partition coefficient (Wildman–Crippen LogP) is 23.9. The number of nitrogens with one attached hydrogen (secondary N) is 1. The van der Waals surface area contributed by atoms with Crippen LogP contribution in [0.5, 0.6) is 0 Å². The summed E-state index contributed by atoms with van der Waals surface area (Å²) >= 11 is 0. The first-order valence-corrected chi connectivity index (χ1v) is 53.7. The molecule has 738 valence electrons. The highest BCUT2D eigenvalue weighted by Crippen LogP contribution is 2.31. The Labute approximate surface area is 774 Å². The molecule has 14 heteroatoms. The number of likely N-dealkylation sites (tertiary alicyclic amines) is 6. The largest absolute Gasteiger partial charge is 0.380 e. The summed E-state index contributed by atoms with van der Waals surface area (Å²) in [6.07, 6.45) is 20.4. The maximum absolute atomic E-state index is 5.68. The van der Waals surface area contributed by atoms with Gasteiger partial charge in [-0.3, -0.25) is 24.5 Å². The molecule has 10 aliphatic heterocycles. The fraction of sp³-hybridized carbons (Fsp3) is 1.00. The van der Waals surface area contributed by atoms with E-state index in [0.717, 1.165) is 177 Å². The molecule has 10 fully saturated rings. The van der Waals surface area contributed by atoms with Crippen LogP contribution in [0.2, 0.25) is 0 Å². The van der Waals surface area contributed by atoms with Crippen molar-refractivity contribution >= 4 is 0 Å². The van der Waals surface area contributed by atoms with Gasteiger partial charge >= 0.3 is 0 Å². The molecule has 0 spiro atoms. The monoisotopic (exact) mass is 1740 g/mol. The lowest BCUT2D eigenvalue weighted by Crippen LogP contribution is -2.54. The first-order valence-electron chi connectivity index (χ1n) is 53.7. The first kappa shape index (κ1) is 120. The van der Waals surface area contributed by atoms with Crippen LogP contribution in [0.4, 0.5) is 0 Å². The van der Waals surface area contributed by atoms with Gasteiger partial charge in [0.15, 0.2) is 0 Å². The Balaban J connectivity index is 0.000000684. The van der Waals surface area contributed by atoms with Crippen LogP contribution in [0.3, 0.4) is 0 Å². The number of morpholine rings is 1.